The third-order valence-electron chi connectivity index (χ3n) is 2.99. The lowest BCUT2D eigenvalue weighted by molar-refractivity contribution is -0.0553. The fraction of sp³-hybridized carbons (Fsp3) is 0.538. The summed E-state index contributed by atoms with van der Waals surface area (Å²) < 4.78 is 32.1. The molecule has 1 unspecified atom stereocenters. The molecule has 1 heterocycles. The minimum Gasteiger partial charge on any atom is -0.380 e. The van der Waals surface area contributed by atoms with Gasteiger partial charge in [-0.3, -0.25) is 0 Å². The number of hydrogen-bond donors (Lipinski definition) is 1. The van der Waals surface area contributed by atoms with Crippen molar-refractivity contribution in [2.24, 2.45) is 0 Å². The van der Waals surface area contributed by atoms with Crippen molar-refractivity contribution in [2.45, 2.75) is 38.3 Å². The Balaban J connectivity index is 2.07. The Kier molecular flexibility index (Phi) is 3.33. The number of hydrogen-bond acceptors (Lipinski definition) is 2. The van der Waals surface area contributed by atoms with E-state index in [2.05, 4.69) is 5.32 Å². The Hall–Kier alpha value is -1.16. The first kappa shape index (κ1) is 12.3. The van der Waals surface area contributed by atoms with Gasteiger partial charge in [0.05, 0.1) is 11.3 Å². The molecule has 1 fully saturated rings. The van der Waals surface area contributed by atoms with Crippen LogP contribution >= 0.6 is 0 Å². The Morgan fingerprint density at radius 2 is 2.12 bits per heavy atom. The molecule has 0 aliphatic carbocycles. The SMILES string of the molecule is CC1(C)CC(Nc2cc(F)ccc2F)CCO1. The highest BCUT2D eigenvalue weighted by atomic mass is 19.1. The van der Waals surface area contributed by atoms with Gasteiger partial charge in [0.1, 0.15) is 11.6 Å². The third kappa shape index (κ3) is 3.16. The highest BCUT2D eigenvalue weighted by Crippen LogP contribution is 2.27. The van der Waals surface area contributed by atoms with Gasteiger partial charge in [-0.2, -0.15) is 0 Å². The predicted molar refractivity (Wildman–Crippen MR) is 63.0 cm³/mol. The van der Waals surface area contributed by atoms with Crippen LogP contribution in [-0.4, -0.2) is 18.2 Å². The average Bonchev–Trinajstić information content (AvgIpc) is 2.22. The highest BCUT2D eigenvalue weighted by Gasteiger charge is 2.29. The molecule has 1 saturated heterocycles. The van der Waals surface area contributed by atoms with Crippen molar-refractivity contribution >= 4 is 5.69 Å². The summed E-state index contributed by atoms with van der Waals surface area (Å²) in [6, 6.07) is 3.57. The van der Waals surface area contributed by atoms with Crippen LogP contribution in [0.15, 0.2) is 18.2 Å². The van der Waals surface area contributed by atoms with Crippen LogP contribution in [0.25, 0.3) is 0 Å². The molecule has 1 aromatic rings. The summed E-state index contributed by atoms with van der Waals surface area (Å²) in [5.74, 6) is -0.851. The quantitative estimate of drug-likeness (QED) is 0.857. The Labute approximate surface area is 100.0 Å². The molecule has 1 aliphatic rings. The van der Waals surface area contributed by atoms with Crippen LogP contribution in [0, 0.1) is 11.6 Å². The van der Waals surface area contributed by atoms with Crippen LogP contribution in [0.1, 0.15) is 26.7 Å². The van der Waals surface area contributed by atoms with Crippen LogP contribution in [0.4, 0.5) is 14.5 Å². The fourth-order valence-corrected chi connectivity index (χ4v) is 2.18. The second-order valence-corrected chi connectivity index (χ2v) is 5.07. The van der Waals surface area contributed by atoms with Gasteiger partial charge in [-0.25, -0.2) is 8.78 Å². The lowest BCUT2D eigenvalue weighted by atomic mass is 9.94. The van der Waals surface area contributed by atoms with E-state index in [0.29, 0.717) is 6.61 Å². The van der Waals surface area contributed by atoms with E-state index in [1.807, 2.05) is 13.8 Å². The van der Waals surface area contributed by atoms with Gasteiger partial charge in [0.15, 0.2) is 0 Å². The van der Waals surface area contributed by atoms with Gasteiger partial charge in [0.25, 0.3) is 0 Å². The lowest BCUT2D eigenvalue weighted by Crippen LogP contribution is -2.40. The molecule has 2 rings (SSSR count). The topological polar surface area (TPSA) is 21.3 Å². The van der Waals surface area contributed by atoms with Crippen molar-refractivity contribution in [3.63, 3.8) is 0 Å². The molecule has 0 spiro atoms. The first-order chi connectivity index (χ1) is 7.96. The molecule has 0 saturated carbocycles. The summed E-state index contributed by atoms with van der Waals surface area (Å²) in [5.41, 5.74) is 0.0207. The van der Waals surface area contributed by atoms with Gasteiger partial charge >= 0.3 is 0 Å². The van der Waals surface area contributed by atoms with Crippen LogP contribution in [0.3, 0.4) is 0 Å². The predicted octanol–water partition coefficient (Wildman–Crippen LogP) is 3.33. The molecular formula is C13H17F2NO. The van der Waals surface area contributed by atoms with Gasteiger partial charge in [0.2, 0.25) is 0 Å². The first-order valence-electron chi connectivity index (χ1n) is 5.82. The van der Waals surface area contributed by atoms with Crippen LogP contribution in [0.5, 0.6) is 0 Å². The maximum absolute atomic E-state index is 13.5. The van der Waals surface area contributed by atoms with Gasteiger partial charge in [-0.05, 0) is 44.9 Å². The number of halogens is 2. The molecule has 4 heteroatoms. The molecule has 17 heavy (non-hydrogen) atoms. The van der Waals surface area contributed by atoms with Gasteiger partial charge < -0.3 is 10.1 Å². The highest BCUT2D eigenvalue weighted by molar-refractivity contribution is 5.45. The molecule has 1 aliphatic heterocycles. The number of benzene rings is 1. The van der Waals surface area contributed by atoms with E-state index in [4.69, 9.17) is 4.74 Å². The van der Waals surface area contributed by atoms with Crippen molar-refractivity contribution in [1.29, 1.82) is 0 Å². The van der Waals surface area contributed by atoms with Gasteiger partial charge in [-0.1, -0.05) is 0 Å². The number of nitrogens with one attached hydrogen (secondary N) is 1. The molecule has 2 nitrogen and oxygen atoms in total. The number of rotatable bonds is 2. The van der Waals surface area contributed by atoms with Crippen molar-refractivity contribution in [3.8, 4) is 0 Å². The van der Waals surface area contributed by atoms with Gasteiger partial charge in [-0.15, -0.1) is 0 Å². The second-order valence-electron chi connectivity index (χ2n) is 5.07. The molecule has 94 valence electrons. The first-order valence-corrected chi connectivity index (χ1v) is 5.82. The molecule has 0 aromatic heterocycles. The Bertz CT molecular complexity index is 406. The van der Waals surface area contributed by atoms with Crippen molar-refractivity contribution < 1.29 is 13.5 Å². The van der Waals surface area contributed by atoms with E-state index in [9.17, 15) is 8.78 Å². The Morgan fingerprint density at radius 1 is 1.35 bits per heavy atom. The molecule has 1 N–H and O–H groups in total. The summed E-state index contributed by atoms with van der Waals surface area (Å²) in [4.78, 5) is 0. The lowest BCUT2D eigenvalue weighted by Gasteiger charge is -2.36. The minimum atomic E-state index is -0.430. The van der Waals surface area contributed by atoms with E-state index < -0.39 is 11.6 Å². The smallest absolute Gasteiger partial charge is 0.146 e. The van der Waals surface area contributed by atoms with E-state index in [0.717, 1.165) is 25.0 Å². The van der Waals surface area contributed by atoms with Gasteiger partial charge in [0, 0.05) is 12.6 Å². The number of ether oxygens (including phenoxy) is 1. The summed E-state index contributed by atoms with van der Waals surface area (Å²) in [7, 11) is 0. The maximum atomic E-state index is 13.5. The van der Waals surface area contributed by atoms with Crippen molar-refractivity contribution in [3.05, 3.63) is 29.8 Å². The summed E-state index contributed by atoms with van der Waals surface area (Å²) in [6.45, 7) is 4.65. The van der Waals surface area contributed by atoms with E-state index in [1.165, 1.54) is 6.07 Å². The Morgan fingerprint density at radius 3 is 2.82 bits per heavy atom. The largest absolute Gasteiger partial charge is 0.380 e. The van der Waals surface area contributed by atoms with Crippen LogP contribution < -0.4 is 5.32 Å². The monoisotopic (exact) mass is 241 g/mol. The van der Waals surface area contributed by atoms with Crippen LogP contribution in [-0.2, 0) is 4.74 Å². The molecule has 1 atom stereocenters. The standard InChI is InChI=1S/C13H17F2NO/c1-13(2)8-10(5-6-17-13)16-12-7-9(14)3-4-11(12)15/h3-4,7,10,16H,5-6,8H2,1-2H3. The summed E-state index contributed by atoms with van der Waals surface area (Å²) in [6.07, 6.45) is 1.59. The summed E-state index contributed by atoms with van der Waals surface area (Å²) >= 11 is 0. The molecule has 0 radical (unpaired) electrons. The average molecular weight is 241 g/mol. The summed E-state index contributed by atoms with van der Waals surface area (Å²) in [5, 5.41) is 3.05. The third-order valence-corrected chi connectivity index (χ3v) is 2.99. The maximum Gasteiger partial charge on any atom is 0.146 e. The van der Waals surface area contributed by atoms with Crippen LogP contribution in [0.2, 0.25) is 0 Å². The zero-order valence-corrected chi connectivity index (χ0v) is 10.1. The molecular weight excluding hydrogens is 224 g/mol. The fourth-order valence-electron chi connectivity index (χ4n) is 2.18. The zero-order valence-electron chi connectivity index (χ0n) is 10.1. The van der Waals surface area contributed by atoms with E-state index >= 15 is 0 Å². The normalized spacial score (nSPS) is 23.4. The second kappa shape index (κ2) is 4.61. The van der Waals surface area contributed by atoms with Crippen molar-refractivity contribution in [2.75, 3.05) is 11.9 Å². The molecule has 1 aromatic carbocycles. The zero-order chi connectivity index (χ0) is 12.5. The van der Waals surface area contributed by atoms with E-state index in [1.54, 1.807) is 0 Å². The minimum absolute atomic E-state index is 0.120. The molecule has 0 bridgehead atoms. The van der Waals surface area contributed by atoms with E-state index in [-0.39, 0.29) is 17.3 Å². The number of anilines is 1. The molecule has 0 amide bonds. The van der Waals surface area contributed by atoms with Crippen molar-refractivity contribution in [1.82, 2.24) is 0 Å².